The minimum atomic E-state index is 0.154. The molecule has 0 saturated heterocycles. The second-order valence-corrected chi connectivity index (χ2v) is 5.19. The molecule has 3 heterocycles. The van der Waals surface area contributed by atoms with Crippen LogP contribution in [0.2, 0.25) is 0 Å². The number of rotatable bonds is 3. The Morgan fingerprint density at radius 1 is 1.25 bits per heavy atom. The number of H-pyrrole nitrogens is 1. The average Bonchev–Trinajstić information content (AvgIpc) is 2.93. The number of aryl methyl sites for hydroxylation is 2. The molecule has 3 aromatic heterocycles. The molecule has 0 bridgehead atoms. The van der Waals surface area contributed by atoms with Gasteiger partial charge >= 0.3 is 6.01 Å². The summed E-state index contributed by atoms with van der Waals surface area (Å²) < 4.78 is 4.96. The maximum absolute atomic E-state index is 9.44. The topological polar surface area (TPSA) is 126 Å². The molecule has 3 aromatic rings. The molecule has 24 heavy (non-hydrogen) atoms. The van der Waals surface area contributed by atoms with Crippen LogP contribution in [0, 0.1) is 25.2 Å². The Labute approximate surface area is 138 Å². The Balaban J connectivity index is 2.22. The lowest BCUT2D eigenvalue weighted by Crippen LogP contribution is -2.01. The van der Waals surface area contributed by atoms with Crippen molar-refractivity contribution < 1.29 is 4.74 Å². The first-order valence-electron chi connectivity index (χ1n) is 7.14. The number of anilines is 1. The monoisotopic (exact) mass is 321 g/mol. The highest BCUT2D eigenvalue weighted by Gasteiger charge is 2.17. The van der Waals surface area contributed by atoms with Crippen molar-refractivity contribution in [3.63, 3.8) is 0 Å². The molecule has 3 rings (SSSR count). The summed E-state index contributed by atoms with van der Waals surface area (Å²) >= 11 is 0. The molecule has 0 aromatic carbocycles. The van der Waals surface area contributed by atoms with Crippen LogP contribution in [0.25, 0.3) is 22.4 Å². The van der Waals surface area contributed by atoms with Crippen LogP contribution in [0.4, 0.5) is 5.82 Å². The van der Waals surface area contributed by atoms with Gasteiger partial charge in [-0.05, 0) is 19.9 Å². The number of hydrogen-bond acceptors (Lipinski definition) is 7. The summed E-state index contributed by atoms with van der Waals surface area (Å²) in [6.07, 6.45) is 3.17. The molecule has 0 fully saturated rings. The first kappa shape index (κ1) is 15.4. The minimum Gasteiger partial charge on any atom is -0.467 e. The van der Waals surface area contributed by atoms with Gasteiger partial charge in [-0.1, -0.05) is 0 Å². The molecule has 0 unspecified atom stereocenters. The number of nitrogens with one attached hydrogen (secondary N) is 1. The molecule has 8 heteroatoms. The number of aromatic amines is 1. The molecule has 3 N–H and O–H groups in total. The number of pyridine rings is 1. The Kier molecular flexibility index (Phi) is 3.83. The SMILES string of the molecule is COc1ncc(-c2cc(-c3c(C)n[nH]c3C)nc(N)c2C#N)cn1. The van der Waals surface area contributed by atoms with Gasteiger partial charge in [0, 0.05) is 34.8 Å². The van der Waals surface area contributed by atoms with Gasteiger partial charge in [0.1, 0.15) is 17.5 Å². The van der Waals surface area contributed by atoms with E-state index in [9.17, 15) is 5.26 Å². The summed E-state index contributed by atoms with van der Waals surface area (Å²) in [7, 11) is 1.49. The fraction of sp³-hybridized carbons (Fsp3) is 0.188. The quantitative estimate of drug-likeness (QED) is 0.755. The third kappa shape index (κ3) is 2.52. The van der Waals surface area contributed by atoms with Crippen LogP contribution < -0.4 is 10.5 Å². The summed E-state index contributed by atoms with van der Waals surface area (Å²) in [6.45, 7) is 3.78. The Hall–Kier alpha value is -3.47. The number of nitrogens with zero attached hydrogens (tertiary/aromatic N) is 5. The standard InChI is InChI=1S/C16H15N7O/c1-8-14(9(2)23-22-8)13-4-11(12(5-17)15(18)21-13)10-6-19-16(24-3)20-7-10/h4,6-7H,1-3H3,(H2,18,21)(H,22,23). The molecule has 0 atom stereocenters. The van der Waals surface area contributed by atoms with Crippen LogP contribution in [0.5, 0.6) is 6.01 Å². The molecule has 0 amide bonds. The van der Waals surface area contributed by atoms with Crippen molar-refractivity contribution in [2.45, 2.75) is 13.8 Å². The summed E-state index contributed by atoms with van der Waals surface area (Å²) in [4.78, 5) is 12.5. The van der Waals surface area contributed by atoms with Crippen LogP contribution in [-0.4, -0.2) is 32.3 Å². The van der Waals surface area contributed by atoms with Crippen molar-refractivity contribution in [1.29, 1.82) is 5.26 Å². The Bertz CT molecular complexity index is 919. The largest absolute Gasteiger partial charge is 0.467 e. The first-order valence-corrected chi connectivity index (χ1v) is 7.14. The highest BCUT2D eigenvalue weighted by atomic mass is 16.5. The van der Waals surface area contributed by atoms with Gasteiger partial charge in [0.05, 0.1) is 18.5 Å². The van der Waals surface area contributed by atoms with E-state index in [0.717, 1.165) is 17.0 Å². The molecule has 0 aliphatic rings. The zero-order valence-electron chi connectivity index (χ0n) is 13.5. The Morgan fingerprint density at radius 2 is 1.96 bits per heavy atom. The molecule has 8 nitrogen and oxygen atoms in total. The summed E-state index contributed by atoms with van der Waals surface area (Å²) in [6, 6.07) is 4.14. The van der Waals surface area contributed by atoms with E-state index in [2.05, 4.69) is 31.2 Å². The zero-order valence-corrected chi connectivity index (χ0v) is 13.5. The summed E-state index contributed by atoms with van der Waals surface area (Å²) in [5.41, 5.74) is 10.7. The van der Waals surface area contributed by atoms with E-state index in [1.54, 1.807) is 18.5 Å². The smallest absolute Gasteiger partial charge is 0.316 e. The van der Waals surface area contributed by atoms with Crippen molar-refractivity contribution in [1.82, 2.24) is 25.1 Å². The van der Waals surface area contributed by atoms with Crippen LogP contribution in [0.1, 0.15) is 17.0 Å². The van der Waals surface area contributed by atoms with Crippen LogP contribution >= 0.6 is 0 Å². The molecular formula is C16H15N7O. The third-order valence-corrected chi connectivity index (χ3v) is 3.67. The van der Waals surface area contributed by atoms with Crippen molar-refractivity contribution in [2.24, 2.45) is 0 Å². The van der Waals surface area contributed by atoms with Gasteiger partial charge in [0.25, 0.3) is 0 Å². The van der Waals surface area contributed by atoms with E-state index in [4.69, 9.17) is 10.5 Å². The number of nitriles is 1. The van der Waals surface area contributed by atoms with Gasteiger partial charge in [-0.25, -0.2) is 15.0 Å². The van der Waals surface area contributed by atoms with Crippen molar-refractivity contribution in [3.8, 4) is 34.5 Å². The molecule has 0 radical (unpaired) electrons. The highest BCUT2D eigenvalue weighted by Crippen LogP contribution is 2.32. The van der Waals surface area contributed by atoms with E-state index in [0.29, 0.717) is 16.8 Å². The van der Waals surface area contributed by atoms with Gasteiger partial charge in [0.15, 0.2) is 0 Å². The fourth-order valence-corrected chi connectivity index (χ4v) is 2.53. The van der Waals surface area contributed by atoms with Crippen LogP contribution in [0.3, 0.4) is 0 Å². The summed E-state index contributed by atoms with van der Waals surface area (Å²) in [5, 5.41) is 16.5. The highest BCUT2D eigenvalue weighted by molar-refractivity contribution is 5.80. The number of nitrogens with two attached hydrogens (primary N) is 1. The predicted molar refractivity (Wildman–Crippen MR) is 88.0 cm³/mol. The number of aromatic nitrogens is 5. The van der Waals surface area contributed by atoms with Crippen molar-refractivity contribution >= 4 is 5.82 Å². The Morgan fingerprint density at radius 3 is 2.50 bits per heavy atom. The second-order valence-electron chi connectivity index (χ2n) is 5.19. The van der Waals surface area contributed by atoms with Crippen molar-refractivity contribution in [3.05, 3.63) is 35.4 Å². The average molecular weight is 321 g/mol. The lowest BCUT2D eigenvalue weighted by Gasteiger charge is -2.10. The van der Waals surface area contributed by atoms with Gasteiger partial charge in [-0.3, -0.25) is 5.10 Å². The summed E-state index contributed by atoms with van der Waals surface area (Å²) in [5.74, 6) is 0.154. The van der Waals surface area contributed by atoms with E-state index in [-0.39, 0.29) is 17.4 Å². The first-order chi connectivity index (χ1) is 11.5. The van der Waals surface area contributed by atoms with Gasteiger partial charge in [-0.15, -0.1) is 0 Å². The molecule has 0 aliphatic carbocycles. The molecule has 0 saturated carbocycles. The number of ether oxygens (including phenoxy) is 1. The van der Waals surface area contributed by atoms with Gasteiger partial charge < -0.3 is 10.5 Å². The van der Waals surface area contributed by atoms with Gasteiger partial charge in [0.2, 0.25) is 0 Å². The molecular weight excluding hydrogens is 306 g/mol. The van der Waals surface area contributed by atoms with E-state index in [1.807, 2.05) is 13.8 Å². The van der Waals surface area contributed by atoms with E-state index >= 15 is 0 Å². The second kappa shape index (κ2) is 5.96. The van der Waals surface area contributed by atoms with Crippen molar-refractivity contribution in [2.75, 3.05) is 12.8 Å². The predicted octanol–water partition coefficient (Wildman–Crippen LogP) is 2.01. The van der Waals surface area contributed by atoms with Gasteiger partial charge in [-0.2, -0.15) is 10.4 Å². The third-order valence-electron chi connectivity index (χ3n) is 3.67. The maximum atomic E-state index is 9.44. The lowest BCUT2D eigenvalue weighted by atomic mass is 10.00. The van der Waals surface area contributed by atoms with Crippen LogP contribution in [0.15, 0.2) is 18.5 Å². The molecule has 0 aliphatic heterocycles. The van der Waals surface area contributed by atoms with Crippen LogP contribution in [-0.2, 0) is 0 Å². The van der Waals surface area contributed by atoms with E-state index in [1.165, 1.54) is 7.11 Å². The molecule has 120 valence electrons. The minimum absolute atomic E-state index is 0.154. The number of nitrogen functional groups attached to an aromatic ring is 1. The number of methoxy groups -OCH3 is 1. The molecule has 0 spiro atoms. The lowest BCUT2D eigenvalue weighted by molar-refractivity contribution is 0.380. The number of hydrogen-bond donors (Lipinski definition) is 2. The maximum Gasteiger partial charge on any atom is 0.316 e. The normalized spacial score (nSPS) is 10.4. The zero-order chi connectivity index (χ0) is 17.3. The fourth-order valence-electron chi connectivity index (χ4n) is 2.53. The van der Waals surface area contributed by atoms with E-state index < -0.39 is 0 Å².